The first-order valence-corrected chi connectivity index (χ1v) is 18.9. The molecule has 1 unspecified atom stereocenters. The van der Waals surface area contributed by atoms with Crippen LogP contribution in [0.4, 0.5) is 16.0 Å². The maximum atomic E-state index is 15.0. The largest absolute Gasteiger partial charge is 0.386 e. The molecule has 18 nitrogen and oxygen atoms in total. The summed E-state index contributed by atoms with van der Waals surface area (Å²) in [5.74, 6) is 0.189. The summed E-state index contributed by atoms with van der Waals surface area (Å²) in [5.41, 5.74) is 12.4. The Morgan fingerprint density at radius 3 is 2.41 bits per heavy atom. The molecule has 4 aromatic rings. The van der Waals surface area contributed by atoms with E-state index in [9.17, 15) is 18.8 Å². The molecule has 5 N–H and O–H groups in total. The number of rotatable bonds is 10. The van der Waals surface area contributed by atoms with Crippen molar-refractivity contribution >= 4 is 82.6 Å². The van der Waals surface area contributed by atoms with Crippen LogP contribution in [-0.2, 0) is 32.2 Å². The molecular weight excluding hydrogens is 687 g/mol. The topological polar surface area (TPSA) is 244 Å². The van der Waals surface area contributed by atoms with E-state index in [0.29, 0.717) is 0 Å². The number of imidazole rings is 1. The molecule has 0 amide bonds. The second-order valence-electron chi connectivity index (χ2n) is 9.71. The predicted octanol–water partition coefficient (Wildman–Crippen LogP) is 2.26. The van der Waals surface area contributed by atoms with E-state index in [0.717, 1.165) is 22.2 Å². The maximum Gasteiger partial charge on any atom is 0.386 e. The molecule has 0 spiro atoms. The Bertz CT molecular complexity index is 1860. The van der Waals surface area contributed by atoms with Gasteiger partial charge in [0.2, 0.25) is 0 Å². The van der Waals surface area contributed by atoms with E-state index in [-0.39, 0.29) is 52.6 Å². The highest BCUT2D eigenvalue weighted by Crippen LogP contribution is 2.57. The van der Waals surface area contributed by atoms with Crippen LogP contribution in [0.3, 0.4) is 0 Å². The van der Waals surface area contributed by atoms with Crippen molar-refractivity contribution in [3.8, 4) is 0 Å². The van der Waals surface area contributed by atoms with Gasteiger partial charge in [-0.15, -0.1) is 0 Å². The normalized spacial score (nSPS) is 28.5. The lowest BCUT2D eigenvalue weighted by Crippen LogP contribution is -2.28. The predicted molar refractivity (Wildman–Crippen MR) is 160 cm³/mol. The number of aromatic nitrogens is 7. The summed E-state index contributed by atoms with van der Waals surface area (Å²) < 4.78 is 70.6. The number of thiol groups is 2. The first-order valence-electron chi connectivity index (χ1n) is 12.6. The van der Waals surface area contributed by atoms with Crippen molar-refractivity contribution in [1.82, 2.24) is 34.1 Å². The van der Waals surface area contributed by atoms with E-state index in [1.807, 2.05) is 0 Å². The number of alkyl halides is 1. The van der Waals surface area contributed by atoms with Crippen molar-refractivity contribution in [2.24, 2.45) is 0 Å². The van der Waals surface area contributed by atoms with E-state index in [2.05, 4.69) is 49.4 Å². The maximum absolute atomic E-state index is 15.0. The van der Waals surface area contributed by atoms with Crippen LogP contribution in [0.5, 0.6) is 0 Å². The Labute approximate surface area is 260 Å². The van der Waals surface area contributed by atoms with Gasteiger partial charge in [-0.05, 0) is 0 Å². The number of halogens is 1. The average Bonchev–Trinajstić information content (AvgIpc) is 3.71. The number of nitrogens with two attached hydrogens (primary N) is 2. The van der Waals surface area contributed by atoms with Crippen LogP contribution in [0.1, 0.15) is 25.3 Å². The van der Waals surface area contributed by atoms with Crippen molar-refractivity contribution in [2.75, 3.05) is 24.7 Å². The van der Waals surface area contributed by atoms with Gasteiger partial charge in [0.1, 0.15) is 41.0 Å². The molecule has 44 heavy (non-hydrogen) atoms. The lowest BCUT2D eigenvalue weighted by atomic mass is 10.2. The van der Waals surface area contributed by atoms with Gasteiger partial charge >= 0.3 is 18.5 Å². The van der Waals surface area contributed by atoms with Crippen LogP contribution >= 0.6 is 49.4 Å². The number of thiazole rings is 1. The smallest absolute Gasteiger partial charge is 0.382 e. The first kappa shape index (κ1) is 31.7. The van der Waals surface area contributed by atoms with Crippen LogP contribution in [0.2, 0.25) is 0 Å². The third kappa shape index (κ3) is 6.52. The molecule has 0 saturated carbocycles. The molecule has 8 atom stereocenters. The number of anilines is 2. The second-order valence-corrected chi connectivity index (χ2v) is 16.3. The Balaban J connectivity index is 1.17. The van der Waals surface area contributed by atoms with Crippen LogP contribution in [0.25, 0.3) is 21.5 Å². The minimum atomic E-state index is -4.22. The molecular formula is C20H24FN9O9P2S3. The van der Waals surface area contributed by atoms with Crippen molar-refractivity contribution in [3.05, 3.63) is 28.6 Å². The number of hydrogen-bond acceptors (Lipinski definition) is 16. The third-order valence-electron chi connectivity index (χ3n) is 6.74. The van der Waals surface area contributed by atoms with Gasteiger partial charge in [0.15, 0.2) is 29.6 Å². The minimum Gasteiger partial charge on any atom is -0.382 e. The molecule has 4 aromatic heterocycles. The zero-order chi connectivity index (χ0) is 31.4. The van der Waals surface area contributed by atoms with E-state index in [1.165, 1.54) is 17.2 Å². The fraction of sp³-hybridized carbons (Fsp3) is 0.500. The molecule has 2 saturated heterocycles. The highest BCUT2D eigenvalue weighted by atomic mass is 32.7. The zero-order valence-corrected chi connectivity index (χ0v) is 26.5. The SMILES string of the molecule is Nc1ncnc2c1ncn2[C@@H]1O[C@H](CO[P@@](=O)(S)O[C@@H]2CC(CO[P@@](=O)(O)S)O[C@H]2n2c(=O)sc3c(N)ncnc32)C[C@H]1F. The zero-order valence-electron chi connectivity index (χ0n) is 22.1. The van der Waals surface area contributed by atoms with Crippen LogP contribution in [0.15, 0.2) is 23.8 Å². The molecule has 2 fully saturated rings. The quantitative estimate of drug-likeness (QED) is 0.117. The molecule has 24 heteroatoms. The molecule has 0 bridgehead atoms. The average molecular weight is 712 g/mol. The number of ether oxygens (including phenoxy) is 2. The van der Waals surface area contributed by atoms with Crippen LogP contribution < -0.4 is 16.3 Å². The second kappa shape index (κ2) is 12.2. The summed E-state index contributed by atoms with van der Waals surface area (Å²) in [4.78, 5) is 41.9. The van der Waals surface area contributed by atoms with Gasteiger partial charge in [0, 0.05) is 12.8 Å². The minimum absolute atomic E-state index is 0.0614. The Morgan fingerprint density at radius 2 is 1.66 bits per heavy atom. The van der Waals surface area contributed by atoms with Gasteiger partial charge in [0.05, 0.1) is 31.7 Å². The van der Waals surface area contributed by atoms with Crippen molar-refractivity contribution < 1.29 is 41.5 Å². The summed E-state index contributed by atoms with van der Waals surface area (Å²) >= 11 is 8.33. The molecule has 6 heterocycles. The van der Waals surface area contributed by atoms with Gasteiger partial charge in [-0.1, -0.05) is 35.8 Å². The fourth-order valence-electron chi connectivity index (χ4n) is 4.91. The van der Waals surface area contributed by atoms with Crippen molar-refractivity contribution in [3.63, 3.8) is 0 Å². The fourth-order valence-corrected chi connectivity index (χ4v) is 7.84. The molecule has 2 aliphatic heterocycles. The van der Waals surface area contributed by atoms with Gasteiger partial charge in [-0.25, -0.2) is 38.4 Å². The van der Waals surface area contributed by atoms with Gasteiger partial charge in [-0.2, -0.15) is 0 Å². The number of hydrogen-bond donors (Lipinski definition) is 5. The molecule has 238 valence electrons. The summed E-state index contributed by atoms with van der Waals surface area (Å²) in [7, 11) is 0. The molecule has 0 aliphatic carbocycles. The lowest BCUT2D eigenvalue weighted by molar-refractivity contribution is -0.0476. The summed E-state index contributed by atoms with van der Waals surface area (Å²) in [6.07, 6.45) is -3.22. The Kier molecular flexibility index (Phi) is 8.78. The highest BCUT2D eigenvalue weighted by molar-refractivity contribution is 8.44. The van der Waals surface area contributed by atoms with E-state index in [1.54, 1.807) is 0 Å². The van der Waals surface area contributed by atoms with Gasteiger partial charge in [0.25, 0.3) is 0 Å². The Morgan fingerprint density at radius 1 is 1.00 bits per heavy atom. The van der Waals surface area contributed by atoms with E-state index >= 15 is 4.39 Å². The number of nitrogen functional groups attached to an aromatic ring is 2. The highest BCUT2D eigenvalue weighted by Gasteiger charge is 2.44. The number of fused-ring (bicyclic) bond motifs is 2. The molecule has 6 rings (SSSR count). The standard InChI is InChI=1S/C20H24FN9O9P2S3/c21-10-1-8(37-18(10)29-7-28-12-14(22)24-5-26-16(12)29)4-36-41(34,43)39-11-2-9(3-35-40(32,33)42)38-19(11)30-17-13(44-20(30)31)15(23)25-6-27-17/h5-11,18-19H,1-4H2,(H,34,43)(H2,22,24,26)(H2,23,25,27)(H2,32,33,42)/t8-,9?,10+,11+,18+,19+,41+/m0/s1. The van der Waals surface area contributed by atoms with Crippen molar-refractivity contribution in [1.29, 1.82) is 0 Å². The number of nitrogens with zero attached hydrogens (tertiary/aromatic N) is 7. The van der Waals surface area contributed by atoms with Crippen molar-refractivity contribution in [2.45, 2.75) is 49.8 Å². The van der Waals surface area contributed by atoms with Gasteiger partial charge in [-0.3, -0.25) is 27.5 Å². The van der Waals surface area contributed by atoms with E-state index in [4.69, 9.17) is 34.5 Å². The molecule has 0 radical (unpaired) electrons. The summed E-state index contributed by atoms with van der Waals surface area (Å²) in [5, 5.41) is 0. The lowest BCUT2D eigenvalue weighted by Gasteiger charge is -2.23. The van der Waals surface area contributed by atoms with Crippen LogP contribution in [-0.4, -0.2) is 76.6 Å². The summed E-state index contributed by atoms with van der Waals surface area (Å²) in [6.45, 7) is -9.16. The van der Waals surface area contributed by atoms with E-state index < -0.39 is 62.0 Å². The summed E-state index contributed by atoms with van der Waals surface area (Å²) in [6, 6.07) is 0. The van der Waals surface area contributed by atoms with Crippen LogP contribution in [0, 0.1) is 0 Å². The third-order valence-corrected chi connectivity index (χ3v) is 10.2. The van der Waals surface area contributed by atoms with Gasteiger partial charge < -0.3 is 25.8 Å². The Hall–Kier alpha value is -2.23. The molecule has 2 aliphatic rings. The molecule has 0 aromatic carbocycles. The monoisotopic (exact) mass is 711 g/mol. The first-order chi connectivity index (χ1) is 20.8.